The molecule has 0 aliphatic heterocycles. The van der Waals surface area contributed by atoms with E-state index in [-0.39, 0.29) is 12.1 Å². The van der Waals surface area contributed by atoms with Crippen LogP contribution in [0.15, 0.2) is 12.3 Å². The fraction of sp³-hybridized carbons (Fsp3) is 0.200. The van der Waals surface area contributed by atoms with E-state index in [4.69, 9.17) is 5.73 Å². The zero-order valence-electron chi connectivity index (χ0n) is 8.08. The maximum atomic E-state index is 13.0. The van der Waals surface area contributed by atoms with Gasteiger partial charge in [-0.2, -0.15) is 4.39 Å². The number of halogens is 1. The third-order valence-electron chi connectivity index (χ3n) is 1.58. The van der Waals surface area contributed by atoms with Crippen LogP contribution < -0.4 is 5.73 Å². The average molecular weight is 208 g/mol. The molecule has 0 bridgehead atoms. The van der Waals surface area contributed by atoms with Crippen molar-refractivity contribution in [3.05, 3.63) is 29.3 Å². The molecule has 1 heterocycles. The van der Waals surface area contributed by atoms with Gasteiger partial charge in [-0.1, -0.05) is 11.8 Å². The first-order valence-corrected chi connectivity index (χ1v) is 4.12. The summed E-state index contributed by atoms with van der Waals surface area (Å²) >= 11 is 0. The SMILES string of the molecule is COC(=O)c1cc(C#CCN)cnc1F. The molecule has 0 spiro atoms. The van der Waals surface area contributed by atoms with E-state index in [0.29, 0.717) is 5.56 Å². The second-order valence-corrected chi connectivity index (χ2v) is 2.56. The Bertz CT molecular complexity index is 435. The molecule has 0 aliphatic rings. The molecule has 0 aliphatic carbocycles. The van der Waals surface area contributed by atoms with Crippen molar-refractivity contribution in [2.24, 2.45) is 5.73 Å². The van der Waals surface area contributed by atoms with E-state index in [2.05, 4.69) is 21.6 Å². The number of carbonyl (C=O) groups excluding carboxylic acids is 1. The minimum absolute atomic E-state index is 0.185. The highest BCUT2D eigenvalue weighted by molar-refractivity contribution is 5.89. The molecule has 0 amide bonds. The number of aromatic nitrogens is 1. The number of hydrogen-bond acceptors (Lipinski definition) is 4. The van der Waals surface area contributed by atoms with Gasteiger partial charge >= 0.3 is 5.97 Å². The number of esters is 1. The van der Waals surface area contributed by atoms with Crippen molar-refractivity contribution >= 4 is 5.97 Å². The molecule has 0 unspecified atom stereocenters. The average Bonchev–Trinajstić information content (AvgIpc) is 2.27. The first-order chi connectivity index (χ1) is 7.19. The zero-order chi connectivity index (χ0) is 11.3. The summed E-state index contributed by atoms with van der Waals surface area (Å²) in [6.45, 7) is 0.185. The highest BCUT2D eigenvalue weighted by Gasteiger charge is 2.13. The molecule has 2 N–H and O–H groups in total. The topological polar surface area (TPSA) is 65.2 Å². The quantitative estimate of drug-likeness (QED) is 0.410. The van der Waals surface area contributed by atoms with Crippen LogP contribution in [0.25, 0.3) is 0 Å². The van der Waals surface area contributed by atoms with Crippen LogP contribution in [0, 0.1) is 17.8 Å². The first-order valence-electron chi connectivity index (χ1n) is 4.12. The molecule has 4 nitrogen and oxygen atoms in total. The number of pyridine rings is 1. The number of hydrogen-bond donors (Lipinski definition) is 1. The van der Waals surface area contributed by atoms with Gasteiger partial charge < -0.3 is 10.5 Å². The van der Waals surface area contributed by atoms with Crippen LogP contribution in [0.3, 0.4) is 0 Å². The van der Waals surface area contributed by atoms with Gasteiger partial charge in [0.25, 0.3) is 0 Å². The minimum atomic E-state index is -0.875. The van der Waals surface area contributed by atoms with E-state index in [1.54, 1.807) is 0 Å². The molecule has 5 heteroatoms. The van der Waals surface area contributed by atoms with Gasteiger partial charge in [-0.3, -0.25) is 0 Å². The summed E-state index contributed by atoms with van der Waals surface area (Å²) in [4.78, 5) is 14.5. The lowest BCUT2D eigenvalue weighted by Gasteiger charge is -2.00. The second kappa shape index (κ2) is 5.08. The summed E-state index contributed by atoms with van der Waals surface area (Å²) in [5.41, 5.74) is 5.35. The van der Waals surface area contributed by atoms with Crippen molar-refractivity contribution in [2.75, 3.05) is 13.7 Å². The lowest BCUT2D eigenvalue weighted by Crippen LogP contribution is -2.06. The van der Waals surface area contributed by atoms with E-state index in [1.807, 2.05) is 0 Å². The molecular formula is C10H9FN2O2. The van der Waals surface area contributed by atoms with Crippen LogP contribution in [0.1, 0.15) is 15.9 Å². The van der Waals surface area contributed by atoms with Crippen LogP contribution in [0.2, 0.25) is 0 Å². The van der Waals surface area contributed by atoms with Gasteiger partial charge in [-0.25, -0.2) is 9.78 Å². The molecule has 0 radical (unpaired) electrons. The van der Waals surface area contributed by atoms with Crippen LogP contribution in [-0.4, -0.2) is 24.6 Å². The van der Waals surface area contributed by atoms with Crippen LogP contribution in [0.5, 0.6) is 0 Å². The molecule has 0 saturated carbocycles. The standard InChI is InChI=1S/C10H9FN2O2/c1-15-10(14)8-5-7(3-2-4-12)6-13-9(8)11/h5-6H,4,12H2,1H3. The van der Waals surface area contributed by atoms with Gasteiger partial charge in [0.1, 0.15) is 5.56 Å². The van der Waals surface area contributed by atoms with Crippen molar-refractivity contribution in [3.8, 4) is 11.8 Å². The third kappa shape index (κ3) is 2.76. The predicted octanol–water partition coefficient (Wildman–Crippen LogP) is 0.317. The van der Waals surface area contributed by atoms with Gasteiger partial charge in [0.2, 0.25) is 5.95 Å². The highest BCUT2D eigenvalue weighted by atomic mass is 19.1. The van der Waals surface area contributed by atoms with Crippen LogP contribution >= 0.6 is 0 Å². The zero-order valence-corrected chi connectivity index (χ0v) is 8.08. The predicted molar refractivity (Wildman–Crippen MR) is 51.5 cm³/mol. The fourth-order valence-corrected chi connectivity index (χ4v) is 0.923. The smallest absolute Gasteiger partial charge is 0.342 e. The van der Waals surface area contributed by atoms with Crippen molar-refractivity contribution < 1.29 is 13.9 Å². The number of rotatable bonds is 1. The van der Waals surface area contributed by atoms with Crippen molar-refractivity contribution in [1.29, 1.82) is 0 Å². The second-order valence-electron chi connectivity index (χ2n) is 2.56. The monoisotopic (exact) mass is 208 g/mol. The Morgan fingerprint density at radius 2 is 2.47 bits per heavy atom. The molecule has 0 aromatic carbocycles. The minimum Gasteiger partial charge on any atom is -0.465 e. The summed E-state index contributed by atoms with van der Waals surface area (Å²) in [6, 6.07) is 1.27. The van der Waals surface area contributed by atoms with E-state index in [0.717, 1.165) is 0 Å². The first kappa shape index (κ1) is 11.1. The van der Waals surface area contributed by atoms with Crippen LogP contribution in [0.4, 0.5) is 4.39 Å². The number of methoxy groups -OCH3 is 1. The largest absolute Gasteiger partial charge is 0.465 e. The number of nitrogens with zero attached hydrogens (tertiary/aromatic N) is 1. The van der Waals surface area contributed by atoms with Crippen LogP contribution in [-0.2, 0) is 4.74 Å². The molecule has 1 rings (SSSR count). The molecule has 0 fully saturated rings. The Hall–Kier alpha value is -1.93. The van der Waals surface area contributed by atoms with Gasteiger partial charge in [0, 0.05) is 11.8 Å². The Labute approximate surface area is 86.3 Å². The normalized spacial score (nSPS) is 9.00. The summed E-state index contributed by atoms with van der Waals surface area (Å²) in [6.07, 6.45) is 1.23. The maximum Gasteiger partial charge on any atom is 0.342 e. The molecule has 0 atom stereocenters. The maximum absolute atomic E-state index is 13.0. The molecule has 78 valence electrons. The van der Waals surface area contributed by atoms with Gasteiger partial charge in [0.15, 0.2) is 0 Å². The highest BCUT2D eigenvalue weighted by Crippen LogP contribution is 2.08. The van der Waals surface area contributed by atoms with Gasteiger partial charge in [-0.15, -0.1) is 0 Å². The molecule has 1 aromatic rings. The number of carbonyl (C=O) groups is 1. The Balaban J connectivity index is 3.10. The lowest BCUT2D eigenvalue weighted by molar-refractivity contribution is 0.0594. The summed E-state index contributed by atoms with van der Waals surface area (Å²) in [7, 11) is 1.17. The van der Waals surface area contributed by atoms with Crippen molar-refractivity contribution in [3.63, 3.8) is 0 Å². The van der Waals surface area contributed by atoms with E-state index in [9.17, 15) is 9.18 Å². The Kier molecular flexibility index (Phi) is 3.77. The lowest BCUT2D eigenvalue weighted by atomic mass is 10.2. The van der Waals surface area contributed by atoms with Crippen molar-refractivity contribution in [2.45, 2.75) is 0 Å². The van der Waals surface area contributed by atoms with Gasteiger partial charge in [-0.05, 0) is 6.07 Å². The van der Waals surface area contributed by atoms with E-state index in [1.165, 1.54) is 19.4 Å². The summed E-state index contributed by atoms with van der Waals surface area (Å²) in [5, 5.41) is 0. The molecular weight excluding hydrogens is 199 g/mol. The van der Waals surface area contributed by atoms with Crippen molar-refractivity contribution in [1.82, 2.24) is 4.98 Å². The Morgan fingerprint density at radius 1 is 1.73 bits per heavy atom. The fourth-order valence-electron chi connectivity index (χ4n) is 0.923. The molecule has 1 aromatic heterocycles. The summed E-state index contributed by atoms with van der Waals surface area (Å²) < 4.78 is 17.4. The van der Waals surface area contributed by atoms with E-state index >= 15 is 0 Å². The Morgan fingerprint density at radius 3 is 3.07 bits per heavy atom. The number of ether oxygens (including phenoxy) is 1. The number of nitrogens with two attached hydrogens (primary N) is 1. The molecule has 15 heavy (non-hydrogen) atoms. The van der Waals surface area contributed by atoms with E-state index < -0.39 is 11.9 Å². The summed E-state index contributed by atoms with van der Waals surface area (Å²) in [5.74, 6) is 3.55. The molecule has 0 saturated heterocycles. The van der Waals surface area contributed by atoms with Gasteiger partial charge in [0.05, 0.1) is 13.7 Å². The third-order valence-corrected chi connectivity index (χ3v) is 1.58.